The van der Waals surface area contributed by atoms with Crippen LogP contribution in [0.4, 0.5) is 15.8 Å². The molecule has 0 bridgehead atoms. The number of halogens is 2. The standard InChI is InChI=1S/C15H12BrFN2/c1-10-5-3-4-6-12(10)19(2)13-8-7-11(9-18)14(16)15(13)17/h3-8H,1-2H3. The Morgan fingerprint density at radius 3 is 2.47 bits per heavy atom. The second kappa shape index (κ2) is 5.41. The van der Waals surface area contributed by atoms with E-state index in [4.69, 9.17) is 5.26 Å². The number of para-hydroxylation sites is 1. The van der Waals surface area contributed by atoms with Crippen LogP contribution in [-0.2, 0) is 0 Å². The molecule has 4 heteroatoms. The number of hydrogen-bond donors (Lipinski definition) is 0. The van der Waals surface area contributed by atoms with E-state index < -0.39 is 5.82 Å². The molecule has 0 aliphatic carbocycles. The van der Waals surface area contributed by atoms with Crippen LogP contribution in [0.5, 0.6) is 0 Å². The van der Waals surface area contributed by atoms with E-state index in [1.807, 2.05) is 37.3 Å². The highest BCUT2D eigenvalue weighted by Gasteiger charge is 2.16. The lowest BCUT2D eigenvalue weighted by Gasteiger charge is -2.22. The van der Waals surface area contributed by atoms with Gasteiger partial charge in [-0.15, -0.1) is 0 Å². The quantitative estimate of drug-likeness (QED) is 0.813. The van der Waals surface area contributed by atoms with Crippen molar-refractivity contribution >= 4 is 27.3 Å². The topological polar surface area (TPSA) is 27.0 Å². The van der Waals surface area contributed by atoms with E-state index in [9.17, 15) is 4.39 Å². The van der Waals surface area contributed by atoms with Crippen molar-refractivity contribution in [1.29, 1.82) is 5.26 Å². The first kappa shape index (κ1) is 13.6. The molecular weight excluding hydrogens is 307 g/mol. The summed E-state index contributed by atoms with van der Waals surface area (Å²) in [5.41, 5.74) is 2.71. The molecule has 0 amide bonds. The van der Waals surface area contributed by atoms with Crippen molar-refractivity contribution in [1.82, 2.24) is 0 Å². The Hall–Kier alpha value is -1.86. The molecule has 19 heavy (non-hydrogen) atoms. The van der Waals surface area contributed by atoms with Crippen molar-refractivity contribution in [3.05, 3.63) is 57.8 Å². The van der Waals surface area contributed by atoms with E-state index in [0.717, 1.165) is 11.3 Å². The summed E-state index contributed by atoms with van der Waals surface area (Å²) >= 11 is 3.13. The Labute approximate surface area is 120 Å². The average molecular weight is 319 g/mol. The van der Waals surface area contributed by atoms with Gasteiger partial charge in [0.25, 0.3) is 0 Å². The lowest BCUT2D eigenvalue weighted by Crippen LogP contribution is -2.13. The lowest BCUT2D eigenvalue weighted by atomic mass is 10.1. The zero-order valence-corrected chi connectivity index (χ0v) is 12.2. The van der Waals surface area contributed by atoms with Gasteiger partial charge in [-0.3, -0.25) is 0 Å². The molecule has 2 rings (SSSR count). The van der Waals surface area contributed by atoms with Crippen LogP contribution in [0.2, 0.25) is 0 Å². The van der Waals surface area contributed by atoms with Gasteiger partial charge in [-0.05, 0) is 46.6 Å². The van der Waals surface area contributed by atoms with Gasteiger partial charge in [-0.25, -0.2) is 4.39 Å². The number of benzene rings is 2. The van der Waals surface area contributed by atoms with Gasteiger partial charge >= 0.3 is 0 Å². The van der Waals surface area contributed by atoms with E-state index >= 15 is 0 Å². The fourth-order valence-corrected chi connectivity index (χ4v) is 2.38. The van der Waals surface area contributed by atoms with Crippen molar-refractivity contribution in [2.45, 2.75) is 6.92 Å². The summed E-state index contributed by atoms with van der Waals surface area (Å²) in [7, 11) is 1.80. The minimum Gasteiger partial charge on any atom is -0.342 e. The molecule has 0 aliphatic rings. The minimum absolute atomic E-state index is 0.202. The summed E-state index contributed by atoms with van der Waals surface area (Å²) in [6.07, 6.45) is 0. The first-order valence-corrected chi connectivity index (χ1v) is 6.53. The number of aryl methyl sites for hydroxylation is 1. The molecule has 0 aliphatic heterocycles. The van der Waals surface area contributed by atoms with E-state index in [1.54, 1.807) is 24.1 Å². The number of rotatable bonds is 2. The van der Waals surface area contributed by atoms with Crippen LogP contribution in [0, 0.1) is 24.1 Å². The molecule has 0 unspecified atom stereocenters. The van der Waals surface area contributed by atoms with Gasteiger partial charge in [0.15, 0.2) is 5.82 Å². The molecule has 0 fully saturated rings. The van der Waals surface area contributed by atoms with Crippen LogP contribution in [0.3, 0.4) is 0 Å². The second-order valence-electron chi connectivity index (χ2n) is 4.22. The van der Waals surface area contributed by atoms with Gasteiger partial charge in [-0.2, -0.15) is 5.26 Å². The fourth-order valence-electron chi connectivity index (χ4n) is 1.95. The third-order valence-electron chi connectivity index (χ3n) is 3.02. The first-order valence-electron chi connectivity index (χ1n) is 5.73. The van der Waals surface area contributed by atoms with Gasteiger partial charge in [0, 0.05) is 12.7 Å². The number of hydrogen-bond acceptors (Lipinski definition) is 2. The molecule has 0 radical (unpaired) electrons. The zero-order chi connectivity index (χ0) is 14.0. The number of nitriles is 1. The van der Waals surface area contributed by atoms with E-state index in [0.29, 0.717) is 11.3 Å². The van der Waals surface area contributed by atoms with Crippen LogP contribution in [0.25, 0.3) is 0 Å². The molecule has 96 valence electrons. The predicted molar refractivity (Wildman–Crippen MR) is 78.1 cm³/mol. The zero-order valence-electron chi connectivity index (χ0n) is 10.6. The van der Waals surface area contributed by atoms with Gasteiger partial charge in [-0.1, -0.05) is 18.2 Å². The Balaban J connectivity index is 2.52. The number of anilines is 2. The second-order valence-corrected chi connectivity index (χ2v) is 5.01. The average Bonchev–Trinajstić information content (AvgIpc) is 2.41. The maximum atomic E-state index is 14.3. The predicted octanol–water partition coefficient (Wildman–Crippen LogP) is 4.54. The SMILES string of the molecule is Cc1ccccc1N(C)c1ccc(C#N)c(Br)c1F. The molecule has 2 nitrogen and oxygen atoms in total. The smallest absolute Gasteiger partial charge is 0.162 e. The fraction of sp³-hybridized carbons (Fsp3) is 0.133. The summed E-state index contributed by atoms with van der Waals surface area (Å²) in [5.74, 6) is -0.426. The van der Waals surface area contributed by atoms with Gasteiger partial charge < -0.3 is 4.90 Å². The van der Waals surface area contributed by atoms with Crippen molar-refractivity contribution in [3.8, 4) is 6.07 Å². The Morgan fingerprint density at radius 2 is 1.84 bits per heavy atom. The molecular formula is C15H12BrFN2. The summed E-state index contributed by atoms with van der Waals surface area (Å²) in [4.78, 5) is 1.77. The molecule has 0 saturated heterocycles. The molecule has 0 heterocycles. The van der Waals surface area contributed by atoms with Gasteiger partial charge in [0.1, 0.15) is 6.07 Å². The molecule has 2 aromatic carbocycles. The van der Waals surface area contributed by atoms with Crippen molar-refractivity contribution in [2.24, 2.45) is 0 Å². The summed E-state index contributed by atoms with van der Waals surface area (Å²) in [6.45, 7) is 1.97. The third-order valence-corrected chi connectivity index (χ3v) is 3.80. The van der Waals surface area contributed by atoms with Crippen LogP contribution < -0.4 is 4.90 Å². The highest BCUT2D eigenvalue weighted by atomic mass is 79.9. The maximum Gasteiger partial charge on any atom is 0.162 e. The molecule has 0 N–H and O–H groups in total. The van der Waals surface area contributed by atoms with Gasteiger partial charge in [0.05, 0.1) is 15.7 Å². The largest absolute Gasteiger partial charge is 0.342 e. The Bertz CT molecular complexity index is 662. The highest BCUT2D eigenvalue weighted by molar-refractivity contribution is 9.10. The van der Waals surface area contributed by atoms with Crippen molar-refractivity contribution in [2.75, 3.05) is 11.9 Å². The van der Waals surface area contributed by atoms with E-state index in [2.05, 4.69) is 15.9 Å². The molecule has 2 aromatic rings. The Kier molecular flexibility index (Phi) is 3.87. The van der Waals surface area contributed by atoms with Crippen LogP contribution in [0.1, 0.15) is 11.1 Å². The molecule has 0 atom stereocenters. The number of nitrogens with zero attached hydrogens (tertiary/aromatic N) is 2. The summed E-state index contributed by atoms with van der Waals surface area (Å²) in [5, 5.41) is 8.87. The summed E-state index contributed by atoms with van der Waals surface area (Å²) < 4.78 is 14.5. The lowest BCUT2D eigenvalue weighted by molar-refractivity contribution is 0.620. The maximum absolute atomic E-state index is 14.3. The van der Waals surface area contributed by atoms with E-state index in [-0.39, 0.29) is 4.47 Å². The van der Waals surface area contributed by atoms with Crippen LogP contribution >= 0.6 is 15.9 Å². The Morgan fingerprint density at radius 1 is 1.16 bits per heavy atom. The monoisotopic (exact) mass is 318 g/mol. The first-order chi connectivity index (χ1) is 9.06. The molecule has 0 spiro atoms. The highest BCUT2D eigenvalue weighted by Crippen LogP contribution is 2.33. The third kappa shape index (κ3) is 2.47. The van der Waals surface area contributed by atoms with E-state index in [1.165, 1.54) is 0 Å². The van der Waals surface area contributed by atoms with Crippen LogP contribution in [0.15, 0.2) is 40.9 Å². The normalized spacial score (nSPS) is 10.1. The molecule has 0 saturated carbocycles. The summed E-state index contributed by atoms with van der Waals surface area (Å²) in [6, 6.07) is 12.9. The van der Waals surface area contributed by atoms with Crippen molar-refractivity contribution in [3.63, 3.8) is 0 Å². The minimum atomic E-state index is -0.426. The van der Waals surface area contributed by atoms with Gasteiger partial charge in [0.2, 0.25) is 0 Å². The van der Waals surface area contributed by atoms with Crippen molar-refractivity contribution < 1.29 is 4.39 Å². The molecule has 0 aromatic heterocycles. The van der Waals surface area contributed by atoms with Crippen LogP contribution in [-0.4, -0.2) is 7.05 Å².